The molecule has 0 aromatic heterocycles. The quantitative estimate of drug-likeness (QED) is 0.278. The molecule has 9 nitrogen and oxygen atoms in total. The van der Waals surface area contributed by atoms with Crippen LogP contribution in [0.1, 0.15) is 39.7 Å². The van der Waals surface area contributed by atoms with Gasteiger partial charge in [-0.25, -0.2) is 13.1 Å². The van der Waals surface area contributed by atoms with E-state index < -0.39 is 34.1 Å². The predicted molar refractivity (Wildman–Crippen MR) is 145 cm³/mol. The van der Waals surface area contributed by atoms with Crippen molar-refractivity contribution in [2.75, 3.05) is 11.9 Å². The molecule has 1 amide bonds. The van der Waals surface area contributed by atoms with Crippen LogP contribution in [-0.2, 0) is 35.6 Å². The second-order valence-electron chi connectivity index (χ2n) is 9.73. The van der Waals surface area contributed by atoms with Crippen molar-refractivity contribution in [3.8, 4) is 5.75 Å². The molecule has 0 radical (unpaired) electrons. The van der Waals surface area contributed by atoms with Gasteiger partial charge in [0.25, 0.3) is 0 Å². The number of aldehydes is 1. The highest BCUT2D eigenvalue weighted by Gasteiger charge is 2.27. The summed E-state index contributed by atoms with van der Waals surface area (Å²) in [5, 5.41) is 4.75. The van der Waals surface area contributed by atoms with Gasteiger partial charge in [-0.15, -0.1) is 0 Å². The number of hydrogen-bond donors (Lipinski definition) is 2. The van der Waals surface area contributed by atoms with E-state index >= 15 is 0 Å². The number of fused-ring (bicyclic) bond motifs is 1. The maximum atomic E-state index is 13.2. The van der Waals surface area contributed by atoms with E-state index in [0.29, 0.717) is 18.4 Å². The summed E-state index contributed by atoms with van der Waals surface area (Å²) >= 11 is 0. The van der Waals surface area contributed by atoms with Crippen molar-refractivity contribution in [3.63, 3.8) is 0 Å². The first-order valence-electron chi connectivity index (χ1n) is 12.1. The highest BCUT2D eigenvalue weighted by atomic mass is 32.2. The van der Waals surface area contributed by atoms with Crippen molar-refractivity contribution in [2.45, 2.75) is 57.1 Å². The van der Waals surface area contributed by atoms with Gasteiger partial charge < -0.3 is 19.6 Å². The molecule has 0 bridgehead atoms. The number of benzene rings is 3. The first-order chi connectivity index (χ1) is 17.9. The average molecular weight is 541 g/mol. The summed E-state index contributed by atoms with van der Waals surface area (Å²) in [6.07, 6.45) is 0.365. The Hall–Kier alpha value is -3.76. The van der Waals surface area contributed by atoms with Crippen molar-refractivity contribution in [1.29, 1.82) is 0 Å². The van der Waals surface area contributed by atoms with E-state index in [4.69, 9.17) is 9.47 Å². The van der Waals surface area contributed by atoms with Crippen molar-refractivity contribution in [2.24, 2.45) is 0 Å². The standard InChI is InChI=1S/C28H32N2O7S/c1-19(32)29-22-12-13-26(38(34,35)30-23(18-31)17-27(33)37-28(2,3)4)25(16-22)36-15-14-21-10-7-9-20-8-5-6-11-24(20)21/h5-13,16,18,23,30H,14-15,17H2,1-4H3,(H,29,32). The minimum absolute atomic E-state index is 0.00842. The Morgan fingerprint density at radius 1 is 1.03 bits per heavy atom. The molecule has 3 rings (SSSR count). The van der Waals surface area contributed by atoms with Gasteiger partial charge in [0.1, 0.15) is 22.5 Å². The Kier molecular flexibility index (Phi) is 9.24. The van der Waals surface area contributed by atoms with Crippen LogP contribution in [0.25, 0.3) is 10.8 Å². The van der Waals surface area contributed by atoms with E-state index in [9.17, 15) is 22.8 Å². The van der Waals surface area contributed by atoms with E-state index in [-0.39, 0.29) is 23.2 Å². The van der Waals surface area contributed by atoms with Gasteiger partial charge in [-0.1, -0.05) is 42.5 Å². The Morgan fingerprint density at radius 3 is 2.42 bits per heavy atom. The molecular weight excluding hydrogens is 508 g/mol. The molecular formula is C28H32N2O7S. The summed E-state index contributed by atoms with van der Waals surface area (Å²) in [5.41, 5.74) is 0.591. The zero-order valence-corrected chi connectivity index (χ0v) is 22.6. The third-order valence-corrected chi connectivity index (χ3v) is 6.87. The fourth-order valence-electron chi connectivity index (χ4n) is 3.85. The monoisotopic (exact) mass is 540 g/mol. The number of amides is 1. The molecule has 0 saturated carbocycles. The van der Waals surface area contributed by atoms with Gasteiger partial charge in [0.05, 0.1) is 19.1 Å². The van der Waals surface area contributed by atoms with Gasteiger partial charge in [-0.05, 0) is 49.2 Å². The van der Waals surface area contributed by atoms with Gasteiger partial charge in [-0.3, -0.25) is 9.59 Å². The van der Waals surface area contributed by atoms with Gasteiger partial charge in [0.15, 0.2) is 0 Å². The van der Waals surface area contributed by atoms with Crippen molar-refractivity contribution >= 4 is 44.6 Å². The second-order valence-corrected chi connectivity index (χ2v) is 11.4. The molecule has 38 heavy (non-hydrogen) atoms. The lowest BCUT2D eigenvalue weighted by atomic mass is 10.0. The van der Waals surface area contributed by atoms with Crippen LogP contribution >= 0.6 is 0 Å². The molecule has 3 aromatic carbocycles. The van der Waals surface area contributed by atoms with Crippen LogP contribution < -0.4 is 14.8 Å². The Morgan fingerprint density at radius 2 is 1.74 bits per heavy atom. The number of carbonyl (C=O) groups excluding carboxylic acids is 3. The number of hydrogen-bond acceptors (Lipinski definition) is 7. The molecule has 0 aliphatic rings. The predicted octanol–water partition coefficient (Wildman–Crippen LogP) is 4.00. The third kappa shape index (κ3) is 8.12. The van der Waals surface area contributed by atoms with Crippen LogP contribution in [0, 0.1) is 0 Å². The normalized spacial score (nSPS) is 12.5. The van der Waals surface area contributed by atoms with Crippen LogP contribution in [0.3, 0.4) is 0 Å². The number of ether oxygens (including phenoxy) is 2. The lowest BCUT2D eigenvalue weighted by Crippen LogP contribution is -2.39. The summed E-state index contributed by atoms with van der Waals surface area (Å²) in [6.45, 7) is 6.49. The fourth-order valence-corrected chi connectivity index (χ4v) is 5.14. The van der Waals surface area contributed by atoms with Crippen LogP contribution in [0.5, 0.6) is 5.75 Å². The smallest absolute Gasteiger partial charge is 0.308 e. The fraction of sp³-hybridized carbons (Fsp3) is 0.321. The maximum Gasteiger partial charge on any atom is 0.308 e. The first kappa shape index (κ1) is 28.8. The molecule has 0 aliphatic heterocycles. The molecule has 0 fully saturated rings. The van der Waals surface area contributed by atoms with Gasteiger partial charge in [-0.2, -0.15) is 0 Å². The minimum Gasteiger partial charge on any atom is -0.492 e. The summed E-state index contributed by atoms with van der Waals surface area (Å²) in [5.74, 6) is -1.06. The van der Waals surface area contributed by atoms with E-state index in [2.05, 4.69) is 10.0 Å². The minimum atomic E-state index is -4.29. The Balaban J connectivity index is 1.83. The van der Waals surface area contributed by atoms with Gasteiger partial charge in [0.2, 0.25) is 15.9 Å². The Bertz CT molecular complexity index is 1420. The van der Waals surface area contributed by atoms with Crippen LogP contribution in [-0.4, -0.2) is 44.8 Å². The average Bonchev–Trinajstić information content (AvgIpc) is 2.82. The largest absolute Gasteiger partial charge is 0.492 e. The molecule has 3 aromatic rings. The van der Waals surface area contributed by atoms with E-state index in [1.54, 1.807) is 20.8 Å². The number of nitrogens with one attached hydrogen (secondary N) is 2. The van der Waals surface area contributed by atoms with Crippen LogP contribution in [0.15, 0.2) is 65.6 Å². The summed E-state index contributed by atoms with van der Waals surface area (Å²) in [6, 6.07) is 16.6. The van der Waals surface area contributed by atoms with Crippen LogP contribution in [0.2, 0.25) is 0 Å². The van der Waals surface area contributed by atoms with Crippen molar-refractivity contribution < 1.29 is 32.3 Å². The zero-order valence-electron chi connectivity index (χ0n) is 21.8. The molecule has 2 N–H and O–H groups in total. The van der Waals surface area contributed by atoms with E-state index in [0.717, 1.165) is 16.3 Å². The Labute approximate surface area is 222 Å². The molecule has 0 aliphatic carbocycles. The number of sulfonamides is 1. The van der Waals surface area contributed by atoms with E-state index in [1.807, 2.05) is 42.5 Å². The highest BCUT2D eigenvalue weighted by Crippen LogP contribution is 2.29. The summed E-state index contributed by atoms with van der Waals surface area (Å²) < 4.78 is 39.8. The lowest BCUT2D eigenvalue weighted by molar-refractivity contribution is -0.155. The second kappa shape index (κ2) is 12.2. The molecule has 1 atom stereocenters. The number of rotatable bonds is 11. The SMILES string of the molecule is CC(=O)Nc1ccc(S(=O)(=O)NC(C=O)CC(=O)OC(C)(C)C)c(OCCc2cccc3ccccc23)c1. The van der Waals surface area contributed by atoms with Crippen molar-refractivity contribution in [1.82, 2.24) is 4.72 Å². The zero-order chi connectivity index (χ0) is 27.9. The van der Waals surface area contributed by atoms with Crippen LogP contribution in [0.4, 0.5) is 5.69 Å². The number of esters is 1. The third-order valence-electron chi connectivity index (χ3n) is 5.34. The molecule has 10 heteroatoms. The topological polar surface area (TPSA) is 128 Å². The molecule has 0 saturated heterocycles. The van der Waals surface area contributed by atoms with E-state index in [1.165, 1.54) is 25.1 Å². The summed E-state index contributed by atoms with van der Waals surface area (Å²) in [7, 11) is -4.29. The number of carbonyl (C=O) groups is 3. The molecule has 0 heterocycles. The highest BCUT2D eigenvalue weighted by molar-refractivity contribution is 7.89. The lowest BCUT2D eigenvalue weighted by Gasteiger charge is -2.21. The first-order valence-corrected chi connectivity index (χ1v) is 13.6. The van der Waals surface area contributed by atoms with Gasteiger partial charge in [0, 0.05) is 25.1 Å². The molecule has 202 valence electrons. The number of anilines is 1. The molecule has 0 spiro atoms. The van der Waals surface area contributed by atoms with Gasteiger partial charge >= 0.3 is 5.97 Å². The van der Waals surface area contributed by atoms with Crippen molar-refractivity contribution in [3.05, 3.63) is 66.2 Å². The molecule has 1 unspecified atom stereocenters. The maximum absolute atomic E-state index is 13.2. The summed E-state index contributed by atoms with van der Waals surface area (Å²) in [4.78, 5) is 35.1.